The topological polar surface area (TPSA) is 51.8 Å². The number of fused-ring (bicyclic) bond motifs is 5. The second-order valence-corrected chi connectivity index (χ2v) is 14.3. The molecule has 0 fully saturated rings. The molecule has 0 saturated carbocycles. The molecular weight excluding hydrogens is 695 g/mol. The molecule has 0 saturated heterocycles. The molecule has 2 aromatic heterocycles. The lowest BCUT2D eigenvalue weighted by Gasteiger charge is -2.14. The Labute approximate surface area is 329 Å². The first kappa shape index (κ1) is 32.7. The molecule has 0 amide bonds. The van der Waals surface area contributed by atoms with Gasteiger partial charge in [0, 0.05) is 21.9 Å². The molecule has 4 nitrogen and oxygen atoms in total. The number of rotatable bonds is 6. The van der Waals surface area contributed by atoms with Gasteiger partial charge in [0.25, 0.3) is 0 Å². The van der Waals surface area contributed by atoms with Gasteiger partial charge in [-0.2, -0.15) is 0 Å². The number of aromatic nitrogens is 3. The van der Waals surface area contributed by atoms with Crippen LogP contribution in [-0.4, -0.2) is 15.0 Å². The van der Waals surface area contributed by atoms with Gasteiger partial charge in [0.2, 0.25) is 0 Å². The summed E-state index contributed by atoms with van der Waals surface area (Å²) in [4.78, 5) is 15.9. The van der Waals surface area contributed by atoms with Crippen molar-refractivity contribution in [3.63, 3.8) is 0 Å². The molecule has 266 valence electrons. The van der Waals surface area contributed by atoms with Gasteiger partial charge in [-0.3, -0.25) is 0 Å². The molecular formula is C53H33N3O. The van der Waals surface area contributed by atoms with Crippen LogP contribution in [0, 0.1) is 0 Å². The first-order chi connectivity index (χ1) is 28.2. The smallest absolute Gasteiger partial charge is 0.167 e. The highest BCUT2D eigenvalue weighted by Crippen LogP contribution is 2.40. The zero-order valence-electron chi connectivity index (χ0n) is 30.8. The summed E-state index contributed by atoms with van der Waals surface area (Å²) in [6.45, 7) is 0. The van der Waals surface area contributed by atoms with E-state index in [2.05, 4.69) is 176 Å². The van der Waals surface area contributed by atoms with E-state index in [9.17, 15) is 0 Å². The quantitative estimate of drug-likeness (QED) is 0.171. The summed E-state index contributed by atoms with van der Waals surface area (Å²) >= 11 is 0. The summed E-state index contributed by atoms with van der Waals surface area (Å²) in [5.74, 6) is 1.75. The normalized spacial score (nSPS) is 11.5. The fourth-order valence-electron chi connectivity index (χ4n) is 8.18. The van der Waals surface area contributed by atoms with E-state index in [-0.39, 0.29) is 0 Å². The third-order valence-electron chi connectivity index (χ3n) is 11.0. The number of nitrogens with zero attached hydrogens (tertiary/aromatic N) is 3. The lowest BCUT2D eigenvalue weighted by Crippen LogP contribution is -2.01. The maximum atomic E-state index is 6.54. The Morgan fingerprint density at radius 2 is 0.789 bits per heavy atom. The van der Waals surface area contributed by atoms with Crippen molar-refractivity contribution in [1.82, 2.24) is 15.0 Å². The Balaban J connectivity index is 1.14. The predicted octanol–water partition coefficient (Wildman–Crippen LogP) is 14.1. The van der Waals surface area contributed by atoms with E-state index in [1.807, 2.05) is 24.3 Å². The molecule has 0 spiro atoms. The minimum atomic E-state index is 0.555. The zero-order chi connectivity index (χ0) is 37.7. The largest absolute Gasteiger partial charge is 0.455 e. The number of benzene rings is 9. The Morgan fingerprint density at radius 3 is 1.56 bits per heavy atom. The number of para-hydroxylation sites is 2. The van der Waals surface area contributed by atoms with Gasteiger partial charge in [-0.05, 0) is 85.3 Å². The number of hydrogen-bond donors (Lipinski definition) is 0. The molecule has 0 aliphatic heterocycles. The molecule has 0 radical (unpaired) electrons. The van der Waals surface area contributed by atoms with Crippen molar-refractivity contribution in [3.05, 3.63) is 200 Å². The Kier molecular flexibility index (Phi) is 7.78. The summed E-state index contributed by atoms with van der Waals surface area (Å²) in [6.07, 6.45) is 0. The molecule has 2 heterocycles. The third-order valence-corrected chi connectivity index (χ3v) is 11.0. The molecule has 11 aromatic rings. The summed E-state index contributed by atoms with van der Waals surface area (Å²) < 4.78 is 6.54. The Bertz CT molecular complexity index is 3300. The van der Waals surface area contributed by atoms with Crippen LogP contribution in [0.1, 0.15) is 0 Å². The average molecular weight is 728 g/mol. The average Bonchev–Trinajstić information content (AvgIpc) is 3.68. The van der Waals surface area contributed by atoms with Gasteiger partial charge in [0.1, 0.15) is 11.2 Å². The summed E-state index contributed by atoms with van der Waals surface area (Å²) in [5.41, 5.74) is 11.2. The molecule has 4 heteroatoms. The van der Waals surface area contributed by atoms with E-state index in [0.717, 1.165) is 82.4 Å². The first-order valence-corrected chi connectivity index (χ1v) is 19.2. The molecule has 0 aliphatic carbocycles. The zero-order valence-corrected chi connectivity index (χ0v) is 30.8. The van der Waals surface area contributed by atoms with Crippen LogP contribution in [0.2, 0.25) is 0 Å². The van der Waals surface area contributed by atoms with Crippen LogP contribution in [0.4, 0.5) is 0 Å². The molecule has 0 unspecified atom stereocenters. The van der Waals surface area contributed by atoms with E-state index in [1.54, 1.807) is 0 Å². The van der Waals surface area contributed by atoms with E-state index < -0.39 is 0 Å². The van der Waals surface area contributed by atoms with Crippen LogP contribution in [0.15, 0.2) is 205 Å². The monoisotopic (exact) mass is 727 g/mol. The van der Waals surface area contributed by atoms with Crippen LogP contribution in [0.25, 0.3) is 111 Å². The minimum absolute atomic E-state index is 0.555. The number of hydrogen-bond acceptors (Lipinski definition) is 4. The molecule has 0 aliphatic rings. The van der Waals surface area contributed by atoms with Gasteiger partial charge in [-0.25, -0.2) is 15.0 Å². The van der Waals surface area contributed by atoms with Crippen molar-refractivity contribution in [2.24, 2.45) is 0 Å². The molecule has 9 aromatic carbocycles. The van der Waals surface area contributed by atoms with Crippen LogP contribution < -0.4 is 0 Å². The Hall–Kier alpha value is -7.69. The highest BCUT2D eigenvalue weighted by molar-refractivity contribution is 6.09. The fraction of sp³-hybridized carbons (Fsp3) is 0. The maximum absolute atomic E-state index is 6.54. The Morgan fingerprint density at radius 1 is 0.281 bits per heavy atom. The summed E-state index contributed by atoms with van der Waals surface area (Å²) in [6, 6.07) is 70.0. The van der Waals surface area contributed by atoms with Crippen molar-refractivity contribution in [2.75, 3.05) is 0 Å². The molecule has 11 rings (SSSR count). The van der Waals surface area contributed by atoms with Gasteiger partial charge in [-0.1, -0.05) is 170 Å². The van der Waals surface area contributed by atoms with Crippen molar-refractivity contribution in [2.45, 2.75) is 0 Å². The first-order valence-electron chi connectivity index (χ1n) is 19.2. The minimum Gasteiger partial charge on any atom is -0.455 e. The van der Waals surface area contributed by atoms with Gasteiger partial charge < -0.3 is 4.42 Å². The van der Waals surface area contributed by atoms with Gasteiger partial charge >= 0.3 is 0 Å². The predicted molar refractivity (Wildman–Crippen MR) is 235 cm³/mol. The van der Waals surface area contributed by atoms with Crippen LogP contribution in [-0.2, 0) is 0 Å². The highest BCUT2D eigenvalue weighted by atomic mass is 16.3. The molecule has 0 N–H and O–H groups in total. The molecule has 0 bridgehead atoms. The second-order valence-electron chi connectivity index (χ2n) is 14.3. The van der Waals surface area contributed by atoms with Crippen molar-refractivity contribution in [1.29, 1.82) is 0 Å². The third kappa shape index (κ3) is 5.74. The highest BCUT2D eigenvalue weighted by Gasteiger charge is 2.20. The van der Waals surface area contributed by atoms with Gasteiger partial charge in [0.15, 0.2) is 17.5 Å². The maximum Gasteiger partial charge on any atom is 0.167 e. The lowest BCUT2D eigenvalue weighted by molar-refractivity contribution is 0.669. The second kappa shape index (κ2) is 13.6. The lowest BCUT2D eigenvalue weighted by atomic mass is 9.94. The van der Waals surface area contributed by atoms with Crippen LogP contribution >= 0.6 is 0 Å². The fourth-order valence-corrected chi connectivity index (χ4v) is 8.18. The standard InChI is InChI=1S/C53H33N3O/c1-3-14-34(15-4-1)37-19-11-20-38(32-37)39-29-28-36-18-12-25-45(48(36)33-39)51-54-52(46-31-30-40(35-16-5-2-6-17-35)41-21-7-8-22-42(41)46)56-53(55-51)47-26-13-24-44-43-23-9-10-27-49(43)57-50(44)47/h1-33H. The summed E-state index contributed by atoms with van der Waals surface area (Å²) in [7, 11) is 0. The van der Waals surface area contributed by atoms with E-state index in [0.29, 0.717) is 17.5 Å². The van der Waals surface area contributed by atoms with E-state index in [1.165, 1.54) is 11.1 Å². The number of furan rings is 1. The van der Waals surface area contributed by atoms with Crippen molar-refractivity contribution >= 4 is 43.5 Å². The molecule has 57 heavy (non-hydrogen) atoms. The summed E-state index contributed by atoms with van der Waals surface area (Å²) in [5, 5.41) is 6.46. The van der Waals surface area contributed by atoms with E-state index in [4.69, 9.17) is 19.4 Å². The molecule has 0 atom stereocenters. The van der Waals surface area contributed by atoms with Crippen molar-refractivity contribution < 1.29 is 4.42 Å². The van der Waals surface area contributed by atoms with Crippen LogP contribution in [0.3, 0.4) is 0 Å². The van der Waals surface area contributed by atoms with Gasteiger partial charge in [0.05, 0.1) is 5.56 Å². The van der Waals surface area contributed by atoms with Crippen molar-refractivity contribution in [3.8, 4) is 67.5 Å². The van der Waals surface area contributed by atoms with E-state index >= 15 is 0 Å². The SMILES string of the molecule is c1ccc(-c2cccc(-c3ccc4cccc(-c5nc(-c6ccc(-c7ccccc7)c7ccccc67)nc(-c6cccc7c6oc6ccccc67)n5)c4c3)c2)cc1. The van der Waals surface area contributed by atoms with Crippen LogP contribution in [0.5, 0.6) is 0 Å². The van der Waals surface area contributed by atoms with Gasteiger partial charge in [-0.15, -0.1) is 0 Å².